The van der Waals surface area contributed by atoms with Crippen molar-refractivity contribution in [2.24, 2.45) is 5.92 Å². The van der Waals surface area contributed by atoms with Gasteiger partial charge < -0.3 is 5.11 Å². The van der Waals surface area contributed by atoms with Crippen LogP contribution in [0, 0.1) is 5.92 Å². The highest BCUT2D eigenvalue weighted by Gasteiger charge is 2.25. The van der Waals surface area contributed by atoms with Crippen LogP contribution in [0.4, 0.5) is 0 Å². The van der Waals surface area contributed by atoms with Gasteiger partial charge in [-0.2, -0.15) is 5.10 Å². The maximum Gasteiger partial charge on any atom is 0.0839 e. The van der Waals surface area contributed by atoms with E-state index in [0.29, 0.717) is 10.9 Å². The van der Waals surface area contributed by atoms with Crippen molar-refractivity contribution in [1.29, 1.82) is 0 Å². The second kappa shape index (κ2) is 4.90. The number of rotatable bonds is 2. The van der Waals surface area contributed by atoms with Crippen LogP contribution in [0.2, 0.25) is 5.02 Å². The molecule has 2 N–H and O–H groups in total. The molecule has 1 aliphatic rings. The van der Waals surface area contributed by atoms with E-state index in [4.69, 9.17) is 11.6 Å². The molecule has 1 unspecified atom stereocenters. The van der Waals surface area contributed by atoms with Crippen LogP contribution in [0.25, 0.3) is 10.9 Å². The first-order chi connectivity index (χ1) is 8.77. The summed E-state index contributed by atoms with van der Waals surface area (Å²) >= 11 is 6.12. The van der Waals surface area contributed by atoms with Gasteiger partial charge in [-0.25, -0.2) is 0 Å². The van der Waals surface area contributed by atoms with E-state index in [1.54, 1.807) is 6.20 Å². The van der Waals surface area contributed by atoms with Crippen LogP contribution in [0.5, 0.6) is 0 Å². The second-order valence-electron chi connectivity index (χ2n) is 5.14. The standard InChI is InChI=1S/C14H17ClN2O/c15-12-7-6-10(13-11(12)8-16-17-13)14(18)9-4-2-1-3-5-9/h6-9,14,18H,1-5H2,(H,16,17). The highest BCUT2D eigenvalue weighted by Crippen LogP contribution is 2.37. The first-order valence-corrected chi connectivity index (χ1v) is 6.94. The zero-order chi connectivity index (χ0) is 12.5. The fraction of sp³-hybridized carbons (Fsp3) is 0.500. The number of aromatic nitrogens is 2. The molecule has 0 aliphatic heterocycles. The SMILES string of the molecule is OC(c1ccc(Cl)c2cn[nH]c12)C1CCCCC1. The molecule has 0 bridgehead atoms. The Bertz CT molecular complexity index is 546. The highest BCUT2D eigenvalue weighted by molar-refractivity contribution is 6.35. The molecule has 1 aromatic heterocycles. The monoisotopic (exact) mass is 264 g/mol. The Morgan fingerprint density at radius 1 is 1.28 bits per heavy atom. The molecule has 0 spiro atoms. The van der Waals surface area contributed by atoms with E-state index >= 15 is 0 Å². The minimum Gasteiger partial charge on any atom is -0.388 e. The molecule has 0 amide bonds. The molecular formula is C14H17ClN2O. The van der Waals surface area contributed by atoms with Crippen LogP contribution in [0.1, 0.15) is 43.8 Å². The number of benzene rings is 1. The van der Waals surface area contributed by atoms with Gasteiger partial charge in [0.25, 0.3) is 0 Å². The summed E-state index contributed by atoms with van der Waals surface area (Å²) in [5.74, 6) is 0.367. The summed E-state index contributed by atoms with van der Waals surface area (Å²) in [6.07, 6.45) is 7.27. The van der Waals surface area contributed by atoms with Crippen molar-refractivity contribution in [3.8, 4) is 0 Å². The summed E-state index contributed by atoms with van der Waals surface area (Å²) in [6, 6.07) is 3.77. The highest BCUT2D eigenvalue weighted by atomic mass is 35.5. The molecule has 3 nitrogen and oxygen atoms in total. The average molecular weight is 265 g/mol. The number of nitrogens with zero attached hydrogens (tertiary/aromatic N) is 1. The van der Waals surface area contributed by atoms with E-state index in [2.05, 4.69) is 10.2 Å². The van der Waals surface area contributed by atoms with Crippen molar-refractivity contribution in [1.82, 2.24) is 10.2 Å². The van der Waals surface area contributed by atoms with Gasteiger partial charge >= 0.3 is 0 Å². The van der Waals surface area contributed by atoms with Gasteiger partial charge in [0.2, 0.25) is 0 Å². The second-order valence-corrected chi connectivity index (χ2v) is 5.55. The van der Waals surface area contributed by atoms with Gasteiger partial charge in [0.15, 0.2) is 0 Å². The minimum absolute atomic E-state index is 0.367. The predicted molar refractivity (Wildman–Crippen MR) is 72.6 cm³/mol. The first kappa shape index (κ1) is 12.0. The van der Waals surface area contributed by atoms with Gasteiger partial charge in [0.05, 0.1) is 22.8 Å². The third kappa shape index (κ3) is 2.02. The number of aromatic amines is 1. The van der Waals surface area contributed by atoms with E-state index in [9.17, 15) is 5.11 Å². The molecule has 0 radical (unpaired) electrons. The molecule has 1 fully saturated rings. The van der Waals surface area contributed by atoms with Gasteiger partial charge in [0.1, 0.15) is 0 Å². The molecule has 2 aromatic rings. The Hall–Kier alpha value is -1.06. The molecule has 0 saturated heterocycles. The fourth-order valence-electron chi connectivity index (χ4n) is 2.97. The topological polar surface area (TPSA) is 48.9 Å². The third-order valence-corrected chi connectivity index (χ3v) is 4.34. The molecular weight excluding hydrogens is 248 g/mol. The lowest BCUT2D eigenvalue weighted by molar-refractivity contribution is 0.0859. The number of nitrogens with one attached hydrogen (secondary N) is 1. The summed E-state index contributed by atoms with van der Waals surface area (Å²) in [5.41, 5.74) is 1.80. The fourth-order valence-corrected chi connectivity index (χ4v) is 3.18. The number of aliphatic hydroxyl groups is 1. The van der Waals surface area contributed by atoms with Crippen LogP contribution < -0.4 is 0 Å². The largest absolute Gasteiger partial charge is 0.388 e. The van der Waals surface area contributed by atoms with E-state index in [-0.39, 0.29) is 0 Å². The van der Waals surface area contributed by atoms with Gasteiger partial charge in [-0.05, 0) is 24.8 Å². The van der Waals surface area contributed by atoms with Crippen molar-refractivity contribution in [2.75, 3.05) is 0 Å². The van der Waals surface area contributed by atoms with Crippen molar-refractivity contribution in [3.63, 3.8) is 0 Å². The van der Waals surface area contributed by atoms with Gasteiger partial charge in [-0.3, -0.25) is 5.10 Å². The van der Waals surface area contributed by atoms with Gasteiger partial charge in [-0.15, -0.1) is 0 Å². The Balaban J connectivity index is 1.98. The van der Waals surface area contributed by atoms with Gasteiger partial charge in [-0.1, -0.05) is 36.9 Å². The summed E-state index contributed by atoms with van der Waals surface area (Å²) in [5, 5.41) is 19.1. The zero-order valence-corrected chi connectivity index (χ0v) is 11.0. The molecule has 4 heteroatoms. The molecule has 1 heterocycles. The maximum absolute atomic E-state index is 10.6. The Morgan fingerprint density at radius 3 is 2.83 bits per heavy atom. The minimum atomic E-state index is -0.412. The van der Waals surface area contributed by atoms with E-state index in [1.165, 1.54) is 19.3 Å². The van der Waals surface area contributed by atoms with Crippen LogP contribution >= 0.6 is 11.6 Å². The lowest BCUT2D eigenvalue weighted by Crippen LogP contribution is -2.16. The van der Waals surface area contributed by atoms with Crippen molar-refractivity contribution in [3.05, 3.63) is 28.9 Å². The maximum atomic E-state index is 10.6. The molecule has 18 heavy (non-hydrogen) atoms. The quantitative estimate of drug-likeness (QED) is 0.866. The number of aliphatic hydroxyl groups excluding tert-OH is 1. The van der Waals surface area contributed by atoms with Crippen molar-refractivity contribution >= 4 is 22.5 Å². The zero-order valence-electron chi connectivity index (χ0n) is 10.2. The smallest absolute Gasteiger partial charge is 0.0839 e. The summed E-state index contributed by atoms with van der Waals surface area (Å²) in [6.45, 7) is 0. The first-order valence-electron chi connectivity index (χ1n) is 6.57. The van der Waals surface area contributed by atoms with Crippen LogP contribution in [0.15, 0.2) is 18.3 Å². The lowest BCUT2D eigenvalue weighted by Gasteiger charge is -2.27. The summed E-state index contributed by atoms with van der Waals surface area (Å²) < 4.78 is 0. The number of H-pyrrole nitrogens is 1. The number of halogens is 1. The predicted octanol–water partition coefficient (Wildman–Crippen LogP) is 3.83. The number of fused-ring (bicyclic) bond motifs is 1. The summed E-state index contributed by atoms with van der Waals surface area (Å²) in [7, 11) is 0. The lowest BCUT2D eigenvalue weighted by atomic mass is 9.82. The van der Waals surface area contributed by atoms with Crippen LogP contribution in [-0.2, 0) is 0 Å². The van der Waals surface area contributed by atoms with Crippen molar-refractivity contribution < 1.29 is 5.11 Å². The Kier molecular flexibility index (Phi) is 3.27. The number of hydrogen-bond acceptors (Lipinski definition) is 2. The molecule has 1 aromatic carbocycles. The molecule has 1 aliphatic carbocycles. The van der Waals surface area contributed by atoms with E-state index < -0.39 is 6.10 Å². The van der Waals surface area contributed by atoms with Gasteiger partial charge in [0, 0.05) is 10.9 Å². The number of hydrogen-bond donors (Lipinski definition) is 2. The van der Waals surface area contributed by atoms with Crippen molar-refractivity contribution in [2.45, 2.75) is 38.2 Å². The average Bonchev–Trinajstić information content (AvgIpc) is 2.90. The third-order valence-electron chi connectivity index (χ3n) is 4.01. The van der Waals surface area contributed by atoms with Crippen LogP contribution in [0.3, 0.4) is 0 Å². The van der Waals surface area contributed by atoms with Crippen LogP contribution in [-0.4, -0.2) is 15.3 Å². The Labute approximate surface area is 111 Å². The Morgan fingerprint density at radius 2 is 2.06 bits per heavy atom. The molecule has 1 atom stereocenters. The van der Waals surface area contributed by atoms with E-state index in [0.717, 1.165) is 29.3 Å². The molecule has 1 saturated carbocycles. The molecule has 96 valence electrons. The molecule has 3 rings (SSSR count). The van der Waals surface area contributed by atoms with E-state index in [1.807, 2.05) is 12.1 Å². The summed E-state index contributed by atoms with van der Waals surface area (Å²) in [4.78, 5) is 0. The normalized spacial score (nSPS) is 19.2.